The average Bonchev–Trinajstić information content (AvgIpc) is 2.28. The summed E-state index contributed by atoms with van der Waals surface area (Å²) in [6, 6.07) is 5.39. The minimum absolute atomic E-state index is 0.135. The molecule has 0 aliphatic carbocycles. The van der Waals surface area contributed by atoms with Crippen molar-refractivity contribution in [2.75, 3.05) is 0 Å². The molecule has 0 saturated carbocycles. The van der Waals surface area contributed by atoms with Gasteiger partial charge in [0.2, 0.25) is 10.0 Å². The van der Waals surface area contributed by atoms with Crippen LogP contribution >= 0.6 is 0 Å². The van der Waals surface area contributed by atoms with E-state index in [1.807, 2.05) is 6.92 Å². The first-order valence-electron chi connectivity index (χ1n) is 5.21. The van der Waals surface area contributed by atoms with Crippen molar-refractivity contribution in [3.63, 3.8) is 0 Å². The number of carbonyl (C=O) groups is 1. The summed E-state index contributed by atoms with van der Waals surface area (Å²) in [6.45, 7) is 3.13. The smallest absolute Gasteiger partial charge is 0.321 e. The van der Waals surface area contributed by atoms with Crippen LogP contribution in [-0.2, 0) is 21.2 Å². The lowest BCUT2D eigenvalue weighted by atomic mass is 10.2. The summed E-state index contributed by atoms with van der Waals surface area (Å²) < 4.78 is 26.0. The summed E-state index contributed by atoms with van der Waals surface area (Å²) >= 11 is 0. The van der Waals surface area contributed by atoms with Crippen molar-refractivity contribution in [3.05, 3.63) is 29.8 Å². The predicted molar refractivity (Wildman–Crippen MR) is 63.2 cm³/mol. The first-order valence-corrected chi connectivity index (χ1v) is 6.70. The van der Waals surface area contributed by atoms with E-state index in [9.17, 15) is 13.2 Å². The zero-order valence-corrected chi connectivity index (χ0v) is 10.5. The van der Waals surface area contributed by atoms with Crippen molar-refractivity contribution < 1.29 is 18.3 Å². The highest BCUT2D eigenvalue weighted by atomic mass is 32.2. The van der Waals surface area contributed by atoms with Crippen molar-refractivity contribution >= 4 is 16.0 Å². The molecular weight excluding hydrogens is 242 g/mol. The Bertz CT molecular complexity index is 510. The molecule has 0 aromatic heterocycles. The Morgan fingerprint density at radius 2 is 2.00 bits per heavy atom. The van der Waals surface area contributed by atoms with E-state index in [0.29, 0.717) is 12.0 Å². The number of sulfonamides is 1. The average molecular weight is 257 g/mol. The Morgan fingerprint density at radius 1 is 1.41 bits per heavy atom. The van der Waals surface area contributed by atoms with Crippen molar-refractivity contribution in [2.45, 2.75) is 31.2 Å². The molecule has 1 rings (SSSR count). The van der Waals surface area contributed by atoms with Gasteiger partial charge in [0.1, 0.15) is 6.04 Å². The monoisotopic (exact) mass is 257 g/mol. The second kappa shape index (κ2) is 5.29. The molecule has 0 aliphatic rings. The fourth-order valence-corrected chi connectivity index (χ4v) is 2.91. The summed E-state index contributed by atoms with van der Waals surface area (Å²) in [7, 11) is -3.78. The maximum atomic E-state index is 12.0. The van der Waals surface area contributed by atoms with Gasteiger partial charge in [-0.2, -0.15) is 4.72 Å². The lowest BCUT2D eigenvalue weighted by Gasteiger charge is -2.12. The molecule has 0 fully saturated rings. The number of nitrogens with one attached hydrogen (secondary N) is 1. The molecule has 5 nitrogen and oxygen atoms in total. The van der Waals surface area contributed by atoms with Gasteiger partial charge in [-0.25, -0.2) is 8.42 Å². The van der Waals surface area contributed by atoms with Crippen LogP contribution in [-0.4, -0.2) is 25.5 Å². The molecule has 6 heteroatoms. The van der Waals surface area contributed by atoms with Crippen LogP contribution in [0, 0.1) is 0 Å². The van der Waals surface area contributed by atoms with Gasteiger partial charge in [-0.1, -0.05) is 25.1 Å². The Morgan fingerprint density at radius 3 is 2.53 bits per heavy atom. The number of hydrogen-bond donors (Lipinski definition) is 2. The molecule has 2 N–H and O–H groups in total. The number of rotatable bonds is 5. The molecule has 0 amide bonds. The van der Waals surface area contributed by atoms with Gasteiger partial charge in [0, 0.05) is 0 Å². The topological polar surface area (TPSA) is 83.5 Å². The van der Waals surface area contributed by atoms with Gasteiger partial charge in [-0.05, 0) is 25.0 Å². The highest BCUT2D eigenvalue weighted by molar-refractivity contribution is 7.89. The van der Waals surface area contributed by atoms with Crippen LogP contribution in [0.1, 0.15) is 19.4 Å². The molecule has 0 aliphatic heterocycles. The van der Waals surface area contributed by atoms with E-state index in [0.717, 1.165) is 0 Å². The van der Waals surface area contributed by atoms with Crippen LogP contribution in [0.2, 0.25) is 0 Å². The summed E-state index contributed by atoms with van der Waals surface area (Å²) in [5.74, 6) is -1.21. The molecule has 0 bridgehead atoms. The second-order valence-electron chi connectivity index (χ2n) is 3.64. The molecule has 0 saturated heterocycles. The molecule has 0 radical (unpaired) electrons. The van der Waals surface area contributed by atoms with E-state index in [4.69, 9.17) is 5.11 Å². The van der Waals surface area contributed by atoms with Crippen LogP contribution < -0.4 is 4.72 Å². The fraction of sp³-hybridized carbons (Fsp3) is 0.364. The Labute approximate surface area is 101 Å². The Hall–Kier alpha value is -1.40. The molecule has 94 valence electrons. The van der Waals surface area contributed by atoms with Gasteiger partial charge in [-0.15, -0.1) is 0 Å². The van der Waals surface area contributed by atoms with Crippen LogP contribution in [0.4, 0.5) is 0 Å². The first kappa shape index (κ1) is 13.7. The van der Waals surface area contributed by atoms with E-state index in [1.165, 1.54) is 13.0 Å². The van der Waals surface area contributed by atoms with Gasteiger partial charge in [0.25, 0.3) is 0 Å². The SMILES string of the molecule is CCc1ccccc1S(=O)(=O)N[C@@H](C)C(=O)O. The third kappa shape index (κ3) is 3.28. The van der Waals surface area contributed by atoms with Crippen LogP contribution in [0.15, 0.2) is 29.2 Å². The number of benzene rings is 1. The molecule has 0 heterocycles. The minimum Gasteiger partial charge on any atom is -0.480 e. The van der Waals surface area contributed by atoms with Crippen molar-refractivity contribution in [3.8, 4) is 0 Å². The van der Waals surface area contributed by atoms with E-state index >= 15 is 0 Å². The van der Waals surface area contributed by atoms with E-state index in [1.54, 1.807) is 18.2 Å². The maximum absolute atomic E-state index is 12.0. The van der Waals surface area contributed by atoms with Gasteiger partial charge >= 0.3 is 5.97 Å². The number of carboxylic acids is 1. The minimum atomic E-state index is -3.78. The Kier molecular flexibility index (Phi) is 4.25. The third-order valence-corrected chi connectivity index (χ3v) is 3.99. The first-order chi connectivity index (χ1) is 7.88. The molecule has 1 aromatic rings. The lowest BCUT2D eigenvalue weighted by molar-refractivity contribution is -0.138. The van der Waals surface area contributed by atoms with Crippen LogP contribution in [0.3, 0.4) is 0 Å². The molecule has 1 atom stereocenters. The van der Waals surface area contributed by atoms with E-state index in [2.05, 4.69) is 4.72 Å². The van der Waals surface area contributed by atoms with Gasteiger partial charge in [0.15, 0.2) is 0 Å². The Balaban J connectivity index is 3.09. The number of hydrogen-bond acceptors (Lipinski definition) is 3. The number of aliphatic carboxylic acids is 1. The van der Waals surface area contributed by atoms with Crippen LogP contribution in [0.5, 0.6) is 0 Å². The van der Waals surface area contributed by atoms with Gasteiger partial charge < -0.3 is 5.11 Å². The zero-order chi connectivity index (χ0) is 13.1. The molecule has 0 spiro atoms. The quantitative estimate of drug-likeness (QED) is 0.824. The predicted octanol–water partition coefficient (Wildman–Crippen LogP) is 1.00. The maximum Gasteiger partial charge on any atom is 0.321 e. The number of carboxylic acid groups (broad SMARTS) is 1. The second-order valence-corrected chi connectivity index (χ2v) is 5.32. The van der Waals surface area contributed by atoms with Gasteiger partial charge in [0.05, 0.1) is 4.90 Å². The summed E-state index contributed by atoms with van der Waals surface area (Å²) in [4.78, 5) is 10.8. The largest absolute Gasteiger partial charge is 0.480 e. The van der Waals surface area contributed by atoms with Crippen molar-refractivity contribution in [2.24, 2.45) is 0 Å². The normalized spacial score (nSPS) is 13.3. The molecule has 17 heavy (non-hydrogen) atoms. The van der Waals surface area contributed by atoms with E-state index < -0.39 is 22.0 Å². The summed E-state index contributed by atoms with van der Waals surface area (Å²) in [5, 5.41) is 8.69. The standard InChI is InChI=1S/C11H15NO4S/c1-3-9-6-4-5-7-10(9)17(15,16)12-8(2)11(13)14/h4-8,12H,3H2,1-2H3,(H,13,14)/t8-/m0/s1. The van der Waals surface area contributed by atoms with Crippen LogP contribution in [0.25, 0.3) is 0 Å². The van der Waals surface area contributed by atoms with E-state index in [-0.39, 0.29) is 4.90 Å². The molecule has 0 unspecified atom stereocenters. The third-order valence-electron chi connectivity index (χ3n) is 2.35. The highest BCUT2D eigenvalue weighted by Crippen LogP contribution is 2.16. The zero-order valence-electron chi connectivity index (χ0n) is 9.67. The molecule has 1 aromatic carbocycles. The summed E-state index contributed by atoms with van der Waals surface area (Å²) in [6.07, 6.45) is 0.568. The van der Waals surface area contributed by atoms with Crippen molar-refractivity contribution in [1.29, 1.82) is 0 Å². The highest BCUT2D eigenvalue weighted by Gasteiger charge is 2.22. The van der Waals surface area contributed by atoms with Gasteiger partial charge in [-0.3, -0.25) is 4.79 Å². The van der Waals surface area contributed by atoms with Crippen molar-refractivity contribution in [1.82, 2.24) is 4.72 Å². The molecular formula is C11H15NO4S. The lowest BCUT2D eigenvalue weighted by Crippen LogP contribution is -2.38. The summed E-state index contributed by atoms with van der Waals surface area (Å²) in [5.41, 5.74) is 0.664. The number of aryl methyl sites for hydroxylation is 1. The fourth-order valence-electron chi connectivity index (χ4n) is 1.40.